The summed E-state index contributed by atoms with van der Waals surface area (Å²) in [5.41, 5.74) is 0.780. The largest absolute Gasteiger partial charge is 0.400 e. The lowest BCUT2D eigenvalue weighted by molar-refractivity contribution is -0.253. The number of hydrogen-bond donors (Lipinski definition) is 1. The zero-order valence-electron chi connectivity index (χ0n) is 10.4. The second-order valence-electron chi connectivity index (χ2n) is 3.00. The van der Waals surface area contributed by atoms with Crippen LogP contribution >= 0.6 is 0 Å². The van der Waals surface area contributed by atoms with E-state index in [1.165, 1.54) is 7.11 Å². The second-order valence-corrected chi connectivity index (χ2v) is 3.00. The van der Waals surface area contributed by atoms with Gasteiger partial charge in [0.05, 0.1) is 13.7 Å². The fraction of sp³-hybridized carbons (Fsp3) is 0.333. The van der Waals surface area contributed by atoms with Crippen molar-refractivity contribution in [3.05, 3.63) is 30.3 Å². The van der Waals surface area contributed by atoms with Gasteiger partial charge in [-0.05, 0) is 12.1 Å². The first-order valence-corrected chi connectivity index (χ1v) is 5.19. The lowest BCUT2D eigenvalue weighted by atomic mass is 10.3. The molecule has 0 heterocycles. The van der Waals surface area contributed by atoms with Crippen molar-refractivity contribution in [1.82, 2.24) is 0 Å². The van der Waals surface area contributed by atoms with Crippen LogP contribution in [0.15, 0.2) is 30.3 Å². The van der Waals surface area contributed by atoms with E-state index >= 15 is 0 Å². The van der Waals surface area contributed by atoms with Crippen molar-refractivity contribution in [2.24, 2.45) is 0 Å². The zero-order chi connectivity index (χ0) is 13.8. The molecule has 0 aliphatic heterocycles. The predicted octanol–water partition coefficient (Wildman–Crippen LogP) is 0.405. The molecule has 0 unspecified atom stereocenters. The van der Waals surface area contributed by atoms with Gasteiger partial charge in [-0.25, -0.2) is 4.79 Å². The van der Waals surface area contributed by atoms with Gasteiger partial charge in [-0.1, -0.05) is 18.2 Å². The Kier molecular flexibility index (Phi) is 9.15. The lowest BCUT2D eigenvalue weighted by Crippen LogP contribution is -2.32. The molecule has 1 N–H and O–H groups in total. The van der Waals surface area contributed by atoms with Crippen LogP contribution in [0.4, 0.5) is 5.69 Å². The number of rotatable bonds is 6. The number of hydrogen-bond acceptors (Lipinski definition) is 6. The summed E-state index contributed by atoms with van der Waals surface area (Å²) in [6, 6.07) is 9.13. The van der Waals surface area contributed by atoms with Crippen molar-refractivity contribution in [2.75, 3.05) is 32.2 Å². The minimum Gasteiger partial charge on any atom is -0.400 e. The van der Waals surface area contributed by atoms with Crippen molar-refractivity contribution in [3.63, 3.8) is 0 Å². The third kappa shape index (κ3) is 5.97. The van der Waals surface area contributed by atoms with E-state index in [4.69, 9.17) is 5.11 Å². The van der Waals surface area contributed by atoms with Crippen LogP contribution in [0, 0.1) is 0 Å². The SMILES string of the molecule is CO.COOC(=O)CN(CC=O)c1ccccc1. The number of para-hydroxylation sites is 1. The smallest absolute Gasteiger partial charge is 0.361 e. The summed E-state index contributed by atoms with van der Waals surface area (Å²) in [5, 5.41) is 7.00. The number of aldehydes is 1. The van der Waals surface area contributed by atoms with Crippen LogP contribution in [0.25, 0.3) is 0 Å². The fourth-order valence-electron chi connectivity index (χ4n) is 1.27. The number of aliphatic hydroxyl groups excluding tert-OH is 1. The molecule has 1 rings (SSSR count). The van der Waals surface area contributed by atoms with Crippen LogP contribution in [0.1, 0.15) is 0 Å². The van der Waals surface area contributed by atoms with Gasteiger partial charge >= 0.3 is 5.97 Å². The number of anilines is 1. The molecule has 0 aromatic heterocycles. The van der Waals surface area contributed by atoms with Gasteiger partial charge in [0.25, 0.3) is 0 Å². The molecule has 6 heteroatoms. The van der Waals surface area contributed by atoms with Crippen LogP contribution in [-0.2, 0) is 19.4 Å². The van der Waals surface area contributed by atoms with E-state index in [1.54, 1.807) is 4.90 Å². The summed E-state index contributed by atoms with van der Waals surface area (Å²) in [4.78, 5) is 31.9. The molecule has 0 bridgehead atoms. The van der Waals surface area contributed by atoms with E-state index in [0.29, 0.717) is 0 Å². The van der Waals surface area contributed by atoms with Crippen molar-refractivity contribution in [1.29, 1.82) is 0 Å². The minimum atomic E-state index is -0.548. The highest BCUT2D eigenvalue weighted by molar-refractivity contribution is 5.77. The van der Waals surface area contributed by atoms with Crippen LogP contribution in [0.5, 0.6) is 0 Å². The van der Waals surface area contributed by atoms with Crippen molar-refractivity contribution in [2.45, 2.75) is 0 Å². The van der Waals surface area contributed by atoms with E-state index in [0.717, 1.165) is 19.1 Å². The van der Waals surface area contributed by atoms with E-state index in [-0.39, 0.29) is 13.1 Å². The molecule has 6 nitrogen and oxygen atoms in total. The lowest BCUT2D eigenvalue weighted by Gasteiger charge is -2.20. The Bertz CT molecular complexity index is 342. The maximum atomic E-state index is 11.2. The zero-order valence-corrected chi connectivity index (χ0v) is 10.4. The Labute approximate surface area is 106 Å². The van der Waals surface area contributed by atoms with Crippen LogP contribution in [0.3, 0.4) is 0 Å². The first-order valence-electron chi connectivity index (χ1n) is 5.19. The summed E-state index contributed by atoms with van der Waals surface area (Å²) in [6.45, 7) is 0.0966. The number of nitrogens with zero attached hydrogens (tertiary/aromatic N) is 1. The molecule has 0 fully saturated rings. The van der Waals surface area contributed by atoms with Gasteiger partial charge < -0.3 is 14.8 Å². The molecule has 0 spiro atoms. The van der Waals surface area contributed by atoms with Gasteiger partial charge in [-0.3, -0.25) is 4.89 Å². The third-order valence-corrected chi connectivity index (χ3v) is 1.91. The quantitative estimate of drug-likeness (QED) is 0.450. The van der Waals surface area contributed by atoms with Crippen LogP contribution in [0.2, 0.25) is 0 Å². The maximum Gasteiger partial charge on any atom is 0.361 e. The van der Waals surface area contributed by atoms with Gasteiger partial charge in [0.15, 0.2) is 0 Å². The number of carbonyl (C=O) groups is 2. The van der Waals surface area contributed by atoms with Gasteiger partial charge in [-0.15, -0.1) is 0 Å². The Morgan fingerprint density at radius 3 is 2.44 bits per heavy atom. The second kappa shape index (κ2) is 10.2. The van der Waals surface area contributed by atoms with Gasteiger partial charge in [-0.2, -0.15) is 4.89 Å². The standard InChI is InChI=1S/C11H13NO4.CH4O/c1-15-16-11(14)9-12(7-8-13)10-5-3-2-4-6-10;1-2/h2-6,8H,7,9H2,1H3;2H,1H3. The van der Waals surface area contributed by atoms with Gasteiger partial charge in [0.1, 0.15) is 12.8 Å². The van der Waals surface area contributed by atoms with E-state index in [9.17, 15) is 9.59 Å². The Morgan fingerprint density at radius 1 is 1.33 bits per heavy atom. The Hall–Kier alpha value is -1.92. The van der Waals surface area contributed by atoms with Crippen LogP contribution < -0.4 is 4.90 Å². The number of benzene rings is 1. The molecule has 0 aliphatic carbocycles. The minimum absolute atomic E-state index is 0.0312. The molecule has 0 atom stereocenters. The van der Waals surface area contributed by atoms with Gasteiger partial charge in [0.2, 0.25) is 0 Å². The normalized spacial score (nSPS) is 8.83. The summed E-state index contributed by atoms with van der Waals surface area (Å²) < 4.78 is 0. The molecule has 1 aromatic rings. The number of aliphatic hydroxyl groups is 1. The molecule has 0 amide bonds. The molecule has 100 valence electrons. The highest BCUT2D eigenvalue weighted by atomic mass is 17.2. The topological polar surface area (TPSA) is 76.1 Å². The Balaban J connectivity index is 0.00000137. The van der Waals surface area contributed by atoms with Crippen LogP contribution in [-0.4, -0.2) is 44.7 Å². The summed E-state index contributed by atoms with van der Waals surface area (Å²) in [6.07, 6.45) is 0.729. The summed E-state index contributed by atoms with van der Waals surface area (Å²) in [5.74, 6) is -0.548. The third-order valence-electron chi connectivity index (χ3n) is 1.91. The molecule has 0 radical (unpaired) electrons. The average Bonchev–Trinajstić information content (AvgIpc) is 2.42. The highest BCUT2D eigenvalue weighted by Gasteiger charge is 2.12. The first kappa shape index (κ1) is 16.1. The molecule has 0 saturated carbocycles. The van der Waals surface area contributed by atoms with Crippen molar-refractivity contribution in [3.8, 4) is 0 Å². The highest BCUT2D eigenvalue weighted by Crippen LogP contribution is 2.12. The molecule has 0 saturated heterocycles. The molecule has 0 aliphatic rings. The molecular formula is C12H17NO5. The predicted molar refractivity (Wildman–Crippen MR) is 66.0 cm³/mol. The fourth-order valence-corrected chi connectivity index (χ4v) is 1.27. The maximum absolute atomic E-state index is 11.2. The molecular weight excluding hydrogens is 238 g/mol. The van der Waals surface area contributed by atoms with Gasteiger partial charge in [0, 0.05) is 12.8 Å². The number of carbonyl (C=O) groups excluding carboxylic acids is 2. The molecule has 1 aromatic carbocycles. The first-order chi connectivity index (χ1) is 8.77. The van der Waals surface area contributed by atoms with E-state index in [1.807, 2.05) is 30.3 Å². The van der Waals surface area contributed by atoms with Crippen molar-refractivity contribution >= 4 is 17.9 Å². The van der Waals surface area contributed by atoms with Crippen molar-refractivity contribution < 1.29 is 24.5 Å². The Morgan fingerprint density at radius 2 is 1.94 bits per heavy atom. The average molecular weight is 255 g/mol. The van der Waals surface area contributed by atoms with E-state index < -0.39 is 5.97 Å². The summed E-state index contributed by atoms with van der Waals surface area (Å²) in [7, 11) is 2.25. The molecule has 18 heavy (non-hydrogen) atoms. The van der Waals surface area contributed by atoms with E-state index in [2.05, 4.69) is 9.78 Å². The monoisotopic (exact) mass is 255 g/mol. The summed E-state index contributed by atoms with van der Waals surface area (Å²) >= 11 is 0.